The highest BCUT2D eigenvalue weighted by Gasteiger charge is 2.24. The molecule has 4 rings (SSSR count). The number of ether oxygens (including phenoxy) is 1. The van der Waals surface area contributed by atoms with Gasteiger partial charge in [-0.1, -0.05) is 43.1 Å². The van der Waals surface area contributed by atoms with Gasteiger partial charge in [0.1, 0.15) is 23.3 Å². The molecule has 12 heteroatoms. The summed E-state index contributed by atoms with van der Waals surface area (Å²) in [6.07, 6.45) is 2.65. The monoisotopic (exact) mass is 522 g/mol. The van der Waals surface area contributed by atoms with Gasteiger partial charge < -0.3 is 15.4 Å². The molecule has 0 bridgehead atoms. The molecule has 34 heavy (non-hydrogen) atoms. The number of aromatic nitrogens is 3. The molecule has 9 nitrogen and oxygen atoms in total. The summed E-state index contributed by atoms with van der Waals surface area (Å²) in [5.41, 5.74) is 9.40. The lowest BCUT2D eigenvalue weighted by atomic mass is 10.0. The van der Waals surface area contributed by atoms with Gasteiger partial charge in [-0.25, -0.2) is 18.4 Å². The molecule has 0 amide bonds. The fourth-order valence-corrected chi connectivity index (χ4v) is 4.97. The Bertz CT molecular complexity index is 1350. The van der Waals surface area contributed by atoms with Crippen LogP contribution in [0.4, 0.5) is 17.5 Å². The molecule has 0 atom stereocenters. The third kappa shape index (κ3) is 5.29. The maximum absolute atomic E-state index is 11.7. The van der Waals surface area contributed by atoms with Gasteiger partial charge in [-0.3, -0.25) is 4.72 Å². The molecule has 0 spiro atoms. The van der Waals surface area contributed by atoms with Crippen molar-refractivity contribution in [2.24, 2.45) is 0 Å². The zero-order chi connectivity index (χ0) is 24.6. The molecule has 1 aliphatic rings. The molecular formula is C22H24Cl2N6O3S. The van der Waals surface area contributed by atoms with Crippen molar-refractivity contribution in [2.45, 2.75) is 26.3 Å². The molecular weight excluding hydrogens is 499 g/mol. The summed E-state index contributed by atoms with van der Waals surface area (Å²) >= 11 is 12.5. The molecule has 2 aromatic heterocycles. The predicted molar refractivity (Wildman–Crippen MR) is 135 cm³/mol. The second kappa shape index (κ2) is 9.44. The quantitative estimate of drug-likeness (QED) is 0.375. The van der Waals surface area contributed by atoms with E-state index in [9.17, 15) is 8.42 Å². The molecule has 0 fully saturated rings. The average Bonchev–Trinajstić information content (AvgIpc) is 2.95. The van der Waals surface area contributed by atoms with Gasteiger partial charge in [-0.05, 0) is 29.7 Å². The van der Waals surface area contributed by atoms with Crippen LogP contribution in [0.15, 0.2) is 30.5 Å². The van der Waals surface area contributed by atoms with Crippen LogP contribution in [0.25, 0.3) is 11.1 Å². The Hall–Kier alpha value is -2.82. The molecule has 0 saturated heterocycles. The Balaban J connectivity index is 1.73. The largest absolute Gasteiger partial charge is 0.491 e. The minimum Gasteiger partial charge on any atom is -0.491 e. The van der Waals surface area contributed by atoms with E-state index in [1.165, 1.54) is 0 Å². The molecule has 1 aromatic carbocycles. The van der Waals surface area contributed by atoms with Crippen molar-refractivity contribution in [2.75, 3.05) is 34.8 Å². The van der Waals surface area contributed by atoms with Crippen molar-refractivity contribution in [3.63, 3.8) is 0 Å². The van der Waals surface area contributed by atoms with E-state index in [2.05, 4.69) is 24.6 Å². The van der Waals surface area contributed by atoms with Crippen LogP contribution >= 0.6 is 23.2 Å². The first-order chi connectivity index (χ1) is 16.0. The highest BCUT2D eigenvalue weighted by atomic mass is 35.5. The number of halogens is 2. The molecule has 3 heterocycles. The molecule has 3 aromatic rings. The summed E-state index contributed by atoms with van der Waals surface area (Å²) in [6.45, 7) is 5.60. The van der Waals surface area contributed by atoms with Gasteiger partial charge in [0.05, 0.1) is 18.5 Å². The van der Waals surface area contributed by atoms with E-state index >= 15 is 0 Å². The summed E-state index contributed by atoms with van der Waals surface area (Å²) in [5.74, 6) is 1.64. The van der Waals surface area contributed by atoms with Crippen LogP contribution in [0.5, 0.6) is 5.75 Å². The number of fused-ring (bicyclic) bond motifs is 1. The zero-order valence-electron chi connectivity index (χ0n) is 18.8. The highest BCUT2D eigenvalue weighted by molar-refractivity contribution is 7.92. The lowest BCUT2D eigenvalue weighted by Crippen LogP contribution is -2.28. The molecule has 3 N–H and O–H groups in total. The number of pyridine rings is 1. The summed E-state index contributed by atoms with van der Waals surface area (Å²) < 4.78 is 31.7. The molecule has 0 saturated carbocycles. The van der Waals surface area contributed by atoms with Crippen LogP contribution < -0.4 is 20.1 Å². The number of nitrogens with two attached hydrogens (primary N) is 1. The fourth-order valence-electron chi connectivity index (χ4n) is 3.82. The molecule has 1 aliphatic heterocycles. The van der Waals surface area contributed by atoms with Gasteiger partial charge in [0.2, 0.25) is 16.0 Å². The van der Waals surface area contributed by atoms with Gasteiger partial charge in [-0.15, -0.1) is 0 Å². The average molecular weight is 523 g/mol. The number of rotatable bonds is 5. The number of hydrogen-bond acceptors (Lipinski definition) is 8. The zero-order valence-corrected chi connectivity index (χ0v) is 21.2. The maximum Gasteiger partial charge on any atom is 0.229 e. The van der Waals surface area contributed by atoms with Crippen LogP contribution in [0.1, 0.15) is 30.9 Å². The highest BCUT2D eigenvalue weighted by Crippen LogP contribution is 2.36. The topological polar surface area (TPSA) is 123 Å². The minimum absolute atomic E-state index is 0.0675. The Morgan fingerprint density at radius 3 is 2.62 bits per heavy atom. The smallest absolute Gasteiger partial charge is 0.229 e. The lowest BCUT2D eigenvalue weighted by molar-refractivity contribution is 0.331. The van der Waals surface area contributed by atoms with E-state index < -0.39 is 10.0 Å². The van der Waals surface area contributed by atoms with Gasteiger partial charge in [0.25, 0.3) is 0 Å². The third-order valence-corrected chi connectivity index (χ3v) is 6.46. The summed E-state index contributed by atoms with van der Waals surface area (Å²) in [5, 5.41) is 0.410. The third-order valence-electron chi connectivity index (χ3n) is 5.28. The first kappa shape index (κ1) is 24.3. The van der Waals surface area contributed by atoms with E-state index in [1.54, 1.807) is 12.3 Å². The predicted octanol–water partition coefficient (Wildman–Crippen LogP) is 4.32. The second-order valence-electron chi connectivity index (χ2n) is 8.29. The summed E-state index contributed by atoms with van der Waals surface area (Å²) in [7, 11) is -3.51. The molecule has 0 unspecified atom stereocenters. The van der Waals surface area contributed by atoms with E-state index in [-0.39, 0.29) is 22.7 Å². The Morgan fingerprint density at radius 2 is 1.91 bits per heavy atom. The molecule has 0 radical (unpaired) electrons. The van der Waals surface area contributed by atoms with Gasteiger partial charge in [0, 0.05) is 29.4 Å². The maximum atomic E-state index is 11.7. The molecule has 0 aliphatic carbocycles. The lowest BCUT2D eigenvalue weighted by Gasteiger charge is -2.25. The number of sulfonamides is 1. The van der Waals surface area contributed by atoms with E-state index in [1.807, 2.05) is 32.0 Å². The van der Waals surface area contributed by atoms with Crippen molar-refractivity contribution >= 4 is 50.7 Å². The van der Waals surface area contributed by atoms with E-state index in [4.69, 9.17) is 33.7 Å². The number of nitrogens with one attached hydrogen (secondary N) is 1. The summed E-state index contributed by atoms with van der Waals surface area (Å²) in [4.78, 5) is 14.8. The van der Waals surface area contributed by atoms with Gasteiger partial charge >= 0.3 is 0 Å². The van der Waals surface area contributed by atoms with Crippen LogP contribution in [-0.2, 0) is 16.6 Å². The Morgan fingerprint density at radius 1 is 1.15 bits per heavy atom. The second-order valence-corrected chi connectivity index (χ2v) is 10.8. The van der Waals surface area contributed by atoms with Crippen LogP contribution in [0.2, 0.25) is 10.3 Å². The van der Waals surface area contributed by atoms with Crippen molar-refractivity contribution in [3.05, 3.63) is 51.9 Å². The normalized spacial score (nSPS) is 13.9. The first-order valence-corrected chi connectivity index (χ1v) is 13.1. The van der Waals surface area contributed by atoms with Crippen molar-refractivity contribution in [1.29, 1.82) is 0 Å². The van der Waals surface area contributed by atoms with Gasteiger partial charge in [0.15, 0.2) is 5.15 Å². The van der Waals surface area contributed by atoms with Crippen LogP contribution in [-0.4, -0.2) is 42.8 Å². The van der Waals surface area contributed by atoms with Crippen molar-refractivity contribution < 1.29 is 13.2 Å². The van der Waals surface area contributed by atoms with Crippen LogP contribution in [0.3, 0.4) is 0 Å². The Labute approximate surface area is 208 Å². The number of benzene rings is 1. The number of nitrogens with zero attached hydrogens (tertiary/aromatic N) is 4. The van der Waals surface area contributed by atoms with Gasteiger partial charge in [-0.2, -0.15) is 4.98 Å². The number of anilines is 3. The number of hydrogen-bond donors (Lipinski definition) is 2. The van der Waals surface area contributed by atoms with Crippen LogP contribution in [0, 0.1) is 0 Å². The minimum atomic E-state index is -3.51. The first-order valence-electron chi connectivity index (χ1n) is 10.5. The van der Waals surface area contributed by atoms with E-state index in [0.717, 1.165) is 28.7 Å². The molecule has 180 valence electrons. The Kier molecular flexibility index (Phi) is 6.75. The van der Waals surface area contributed by atoms with Crippen molar-refractivity contribution in [1.82, 2.24) is 15.0 Å². The SMILES string of the molecule is CC(C)c1c(Cl)nc(N)nc1N1CCOc2ccc(-c3cnc(Cl)c(NS(C)(=O)=O)c3)cc2C1. The van der Waals surface area contributed by atoms with E-state index in [0.29, 0.717) is 36.2 Å². The van der Waals surface area contributed by atoms with Crippen molar-refractivity contribution in [3.8, 4) is 16.9 Å². The summed E-state index contributed by atoms with van der Waals surface area (Å²) in [6, 6.07) is 7.40. The standard InChI is InChI=1S/C22H24Cl2N6O3S/c1-12(2)18-20(24)27-22(25)28-21(18)30-6-7-33-17-5-4-13(8-15(17)11-30)14-9-16(19(23)26-10-14)29-34(3,31)32/h4-5,8-10,12,29H,6-7,11H2,1-3H3,(H2,25,27,28). The fraction of sp³-hybridized carbons (Fsp3) is 0.318. The number of nitrogen functional groups attached to an aromatic ring is 1.